The molecular weight excluding hydrogens is 280 g/mol. The normalized spacial score (nSPS) is 11.8. The molecule has 2 aromatic heterocycles. The molecule has 0 aliphatic carbocycles. The molecule has 7 nitrogen and oxygen atoms in total. The van der Waals surface area contributed by atoms with Crippen molar-refractivity contribution in [3.63, 3.8) is 0 Å². The number of hydrogen-bond acceptors (Lipinski definition) is 7. The van der Waals surface area contributed by atoms with E-state index in [4.69, 9.17) is 10.00 Å². The summed E-state index contributed by atoms with van der Waals surface area (Å²) in [4.78, 5) is 14.5. The van der Waals surface area contributed by atoms with Gasteiger partial charge in [0.05, 0.1) is 6.20 Å². The van der Waals surface area contributed by atoms with E-state index in [1.165, 1.54) is 6.20 Å². The predicted molar refractivity (Wildman–Crippen MR) is 82.9 cm³/mol. The average molecular weight is 298 g/mol. The number of aromatic nitrogens is 3. The van der Waals surface area contributed by atoms with Crippen LogP contribution in [0.5, 0.6) is 5.88 Å². The fraction of sp³-hybridized carbons (Fsp3) is 0.333. The molecule has 0 bridgehead atoms. The van der Waals surface area contributed by atoms with Gasteiger partial charge in [0.1, 0.15) is 18.0 Å². The van der Waals surface area contributed by atoms with Crippen molar-refractivity contribution in [1.82, 2.24) is 19.9 Å². The van der Waals surface area contributed by atoms with Gasteiger partial charge in [0.25, 0.3) is 5.88 Å². The molecule has 114 valence electrons. The maximum atomic E-state index is 9.12. The lowest BCUT2D eigenvalue weighted by Crippen LogP contribution is -2.28. The highest BCUT2D eigenvalue weighted by molar-refractivity contribution is 5.51. The monoisotopic (exact) mass is 298 g/mol. The van der Waals surface area contributed by atoms with E-state index in [1.54, 1.807) is 6.20 Å². The minimum Gasteiger partial charge on any atom is -0.471 e. The molecule has 0 aliphatic heterocycles. The Kier molecular flexibility index (Phi) is 5.22. The van der Waals surface area contributed by atoms with Gasteiger partial charge in [-0.05, 0) is 33.2 Å². The SMILES string of the molecule is CC(CN(C)C)Oc1nc(Nc2ccccn2)cnc1C#N. The first kappa shape index (κ1) is 15.7. The summed E-state index contributed by atoms with van der Waals surface area (Å²) in [5.41, 5.74) is 0.164. The Hall–Kier alpha value is -2.72. The first-order chi connectivity index (χ1) is 10.6. The molecule has 0 saturated carbocycles. The van der Waals surface area contributed by atoms with Crippen molar-refractivity contribution in [2.45, 2.75) is 13.0 Å². The van der Waals surface area contributed by atoms with Crippen molar-refractivity contribution >= 4 is 11.6 Å². The Morgan fingerprint density at radius 3 is 2.77 bits per heavy atom. The third kappa shape index (κ3) is 4.40. The third-order valence-electron chi connectivity index (χ3n) is 2.70. The van der Waals surface area contributed by atoms with E-state index in [2.05, 4.69) is 20.3 Å². The van der Waals surface area contributed by atoms with Crippen molar-refractivity contribution in [3.8, 4) is 11.9 Å². The van der Waals surface area contributed by atoms with E-state index in [0.717, 1.165) is 0 Å². The smallest absolute Gasteiger partial charge is 0.253 e. The van der Waals surface area contributed by atoms with Gasteiger partial charge in [-0.1, -0.05) is 6.07 Å². The quantitative estimate of drug-likeness (QED) is 0.870. The van der Waals surface area contributed by atoms with Gasteiger partial charge in [0.15, 0.2) is 5.82 Å². The van der Waals surface area contributed by atoms with Crippen LogP contribution < -0.4 is 10.1 Å². The van der Waals surface area contributed by atoms with E-state index < -0.39 is 0 Å². The standard InChI is InChI=1S/C15H18N6O/c1-11(10-21(2)3)22-15-12(8-16)18-9-14(20-15)19-13-6-4-5-7-17-13/h4-7,9,11H,10H2,1-3H3,(H,17,19,20). The molecule has 0 radical (unpaired) electrons. The molecule has 1 N–H and O–H groups in total. The summed E-state index contributed by atoms with van der Waals surface area (Å²) in [5, 5.41) is 12.1. The summed E-state index contributed by atoms with van der Waals surface area (Å²) in [7, 11) is 3.91. The summed E-state index contributed by atoms with van der Waals surface area (Å²) < 4.78 is 5.73. The van der Waals surface area contributed by atoms with Crippen LogP contribution in [0.25, 0.3) is 0 Å². The number of likely N-dealkylation sites (N-methyl/N-ethyl adjacent to an activating group) is 1. The number of nitrogens with one attached hydrogen (secondary N) is 1. The van der Waals surface area contributed by atoms with Crippen LogP contribution in [-0.4, -0.2) is 46.6 Å². The van der Waals surface area contributed by atoms with Crippen LogP contribution in [0.4, 0.5) is 11.6 Å². The first-order valence-corrected chi connectivity index (χ1v) is 6.85. The minimum atomic E-state index is -0.110. The van der Waals surface area contributed by atoms with E-state index >= 15 is 0 Å². The molecule has 0 aliphatic rings. The largest absolute Gasteiger partial charge is 0.471 e. The number of nitriles is 1. The van der Waals surface area contributed by atoms with Crippen molar-refractivity contribution in [2.24, 2.45) is 0 Å². The second-order valence-corrected chi connectivity index (χ2v) is 5.05. The first-order valence-electron chi connectivity index (χ1n) is 6.85. The summed E-state index contributed by atoms with van der Waals surface area (Å²) in [5.74, 6) is 1.34. The van der Waals surface area contributed by atoms with Crippen LogP contribution in [0.15, 0.2) is 30.6 Å². The van der Waals surface area contributed by atoms with Crippen LogP contribution in [0.2, 0.25) is 0 Å². The highest BCUT2D eigenvalue weighted by Gasteiger charge is 2.13. The van der Waals surface area contributed by atoms with Gasteiger partial charge in [-0.15, -0.1) is 0 Å². The zero-order valence-electron chi connectivity index (χ0n) is 12.8. The third-order valence-corrected chi connectivity index (χ3v) is 2.70. The van der Waals surface area contributed by atoms with Crippen LogP contribution in [0.3, 0.4) is 0 Å². The van der Waals surface area contributed by atoms with Crippen LogP contribution in [-0.2, 0) is 0 Å². The van der Waals surface area contributed by atoms with Gasteiger partial charge in [0.2, 0.25) is 5.69 Å². The van der Waals surface area contributed by atoms with Gasteiger partial charge < -0.3 is 15.0 Å². The second kappa shape index (κ2) is 7.33. The molecule has 1 unspecified atom stereocenters. The molecular formula is C15H18N6O. The molecule has 7 heteroatoms. The molecule has 2 rings (SSSR count). The molecule has 0 amide bonds. The Morgan fingerprint density at radius 1 is 1.32 bits per heavy atom. The fourth-order valence-electron chi connectivity index (χ4n) is 1.90. The Balaban J connectivity index is 2.17. The van der Waals surface area contributed by atoms with Crippen LogP contribution in [0, 0.1) is 11.3 Å². The zero-order chi connectivity index (χ0) is 15.9. The summed E-state index contributed by atoms with van der Waals surface area (Å²) in [6.45, 7) is 2.63. The van der Waals surface area contributed by atoms with Gasteiger partial charge in [0, 0.05) is 12.7 Å². The molecule has 2 heterocycles. The Labute approximate surface area is 129 Å². The van der Waals surface area contributed by atoms with Crippen molar-refractivity contribution < 1.29 is 4.74 Å². The minimum absolute atomic E-state index is 0.110. The summed E-state index contributed by atoms with van der Waals surface area (Å²) in [6.07, 6.45) is 3.05. The second-order valence-electron chi connectivity index (χ2n) is 5.05. The molecule has 0 aromatic carbocycles. The van der Waals surface area contributed by atoms with Crippen LogP contribution in [0.1, 0.15) is 12.6 Å². The molecule has 0 spiro atoms. The number of ether oxygens (including phenoxy) is 1. The summed E-state index contributed by atoms with van der Waals surface area (Å²) >= 11 is 0. The van der Waals surface area contributed by atoms with E-state index in [0.29, 0.717) is 18.2 Å². The lowest BCUT2D eigenvalue weighted by molar-refractivity contribution is 0.169. The maximum absolute atomic E-state index is 9.12. The Bertz CT molecular complexity index is 653. The number of anilines is 2. The average Bonchev–Trinajstić information content (AvgIpc) is 2.47. The molecule has 2 aromatic rings. The van der Waals surface area contributed by atoms with Gasteiger partial charge in [-0.3, -0.25) is 0 Å². The van der Waals surface area contributed by atoms with Crippen molar-refractivity contribution in [2.75, 3.05) is 26.0 Å². The number of nitrogens with zero attached hydrogens (tertiary/aromatic N) is 5. The van der Waals surface area contributed by atoms with Gasteiger partial charge in [-0.2, -0.15) is 10.2 Å². The van der Waals surface area contributed by atoms with E-state index in [-0.39, 0.29) is 17.7 Å². The van der Waals surface area contributed by atoms with Crippen LogP contribution >= 0.6 is 0 Å². The maximum Gasteiger partial charge on any atom is 0.253 e. The highest BCUT2D eigenvalue weighted by Crippen LogP contribution is 2.19. The number of pyridine rings is 1. The summed E-state index contributed by atoms with van der Waals surface area (Å²) in [6, 6.07) is 7.49. The highest BCUT2D eigenvalue weighted by atomic mass is 16.5. The molecule has 22 heavy (non-hydrogen) atoms. The van der Waals surface area contributed by atoms with E-state index in [9.17, 15) is 0 Å². The lowest BCUT2D eigenvalue weighted by Gasteiger charge is -2.18. The number of hydrogen-bond donors (Lipinski definition) is 1. The van der Waals surface area contributed by atoms with Gasteiger partial charge >= 0.3 is 0 Å². The molecule has 0 fully saturated rings. The topological polar surface area (TPSA) is 87.0 Å². The predicted octanol–water partition coefficient (Wildman–Crippen LogP) is 1.82. The fourth-order valence-corrected chi connectivity index (χ4v) is 1.90. The lowest BCUT2D eigenvalue weighted by atomic mass is 10.3. The molecule has 0 saturated heterocycles. The molecule has 1 atom stereocenters. The zero-order valence-corrected chi connectivity index (χ0v) is 12.8. The Morgan fingerprint density at radius 2 is 2.14 bits per heavy atom. The van der Waals surface area contributed by atoms with Crippen molar-refractivity contribution in [3.05, 3.63) is 36.3 Å². The number of rotatable bonds is 6. The van der Waals surface area contributed by atoms with E-state index in [1.807, 2.05) is 50.2 Å². The van der Waals surface area contributed by atoms with Crippen molar-refractivity contribution in [1.29, 1.82) is 5.26 Å². The van der Waals surface area contributed by atoms with Gasteiger partial charge in [-0.25, -0.2) is 9.97 Å².